The Morgan fingerprint density at radius 2 is 1.02 bits per heavy atom. The van der Waals surface area contributed by atoms with Gasteiger partial charge in [0.05, 0.1) is 0 Å². The highest BCUT2D eigenvalue weighted by Gasteiger charge is 2.33. The van der Waals surface area contributed by atoms with Gasteiger partial charge in [0, 0.05) is 0 Å². The molecule has 0 atom stereocenters. The predicted octanol–water partition coefficient (Wildman–Crippen LogP) is 11.6. The number of rotatable bonds is 3. The van der Waals surface area contributed by atoms with Crippen molar-refractivity contribution < 1.29 is 0 Å². The summed E-state index contributed by atoms with van der Waals surface area (Å²) >= 11 is 0. The van der Waals surface area contributed by atoms with E-state index < -0.39 is 0 Å². The van der Waals surface area contributed by atoms with Gasteiger partial charge in [0.2, 0.25) is 0 Å². The van der Waals surface area contributed by atoms with Crippen LogP contribution in [-0.2, 0) is 0 Å². The van der Waals surface area contributed by atoms with Crippen LogP contribution < -0.4 is 10.4 Å². The molecule has 0 heterocycles. The molecule has 0 spiro atoms. The third-order valence-corrected chi connectivity index (χ3v) is 11.7. The third kappa shape index (κ3) is 3.69. The molecule has 0 bridgehead atoms. The topological polar surface area (TPSA) is 0 Å². The zero-order valence-corrected chi connectivity index (χ0v) is 27.6. The maximum absolute atomic E-state index is 2.55. The van der Waals surface area contributed by atoms with Gasteiger partial charge in [-0.1, -0.05) is 145 Å². The van der Waals surface area contributed by atoms with Crippen molar-refractivity contribution in [2.75, 3.05) is 0 Å². The zero-order valence-electron chi connectivity index (χ0n) is 27.6. The zero-order chi connectivity index (χ0) is 32.2. The molecule has 0 aromatic heterocycles. The summed E-state index contributed by atoms with van der Waals surface area (Å²) in [5.74, 6) is 0. The average Bonchev–Trinajstić information content (AvgIpc) is 3.66. The van der Waals surface area contributed by atoms with Crippen LogP contribution in [-0.4, -0.2) is 0 Å². The smallest absolute Gasteiger partial charge is 0.00108 e. The molecule has 230 valence electrons. The molecular formula is C49H34. The molecule has 0 saturated carbocycles. The van der Waals surface area contributed by atoms with Crippen molar-refractivity contribution in [3.8, 4) is 33.4 Å². The highest BCUT2D eigenvalue weighted by atomic mass is 14.4. The molecule has 0 N–H and O–H groups in total. The van der Waals surface area contributed by atoms with Gasteiger partial charge in [0.25, 0.3) is 0 Å². The van der Waals surface area contributed by atoms with Gasteiger partial charge in [-0.25, -0.2) is 0 Å². The van der Waals surface area contributed by atoms with Crippen LogP contribution in [0.25, 0.3) is 82.8 Å². The van der Waals surface area contributed by atoms with Crippen molar-refractivity contribution in [2.45, 2.75) is 32.6 Å². The summed E-state index contributed by atoms with van der Waals surface area (Å²) in [5.41, 5.74) is 21.4. The second kappa shape index (κ2) is 10.1. The normalized spacial score (nSPS) is 15.5. The van der Waals surface area contributed by atoms with Crippen molar-refractivity contribution in [1.82, 2.24) is 0 Å². The van der Waals surface area contributed by atoms with Gasteiger partial charge >= 0.3 is 0 Å². The molecule has 0 heteroatoms. The van der Waals surface area contributed by atoms with Gasteiger partial charge in [0.1, 0.15) is 0 Å². The van der Waals surface area contributed by atoms with E-state index in [0.717, 1.165) is 25.7 Å². The van der Waals surface area contributed by atoms with Crippen LogP contribution in [0.3, 0.4) is 0 Å². The second-order valence-electron chi connectivity index (χ2n) is 14.2. The standard InChI is InChI=1S/C49H34/c1-29-22-24-40-47-41(27-26-34(43(29)47)33-23-25-35-36-20-10-16-30-17-11-21-39(44(30)36)42(35)28-33)49-46(32-14-6-3-7-15-32)38-19-9-8-18-37(38)45(48(40)49)31-12-4-2-5-13-31/h2-21,26-28H,22-25H2,1H3. The summed E-state index contributed by atoms with van der Waals surface area (Å²) in [5, 5.41) is 8.42. The summed E-state index contributed by atoms with van der Waals surface area (Å²) < 4.78 is 0. The number of allylic oxidation sites excluding steroid dienone is 4. The minimum Gasteiger partial charge on any atom is -0.0645 e. The second-order valence-corrected chi connectivity index (χ2v) is 14.2. The van der Waals surface area contributed by atoms with Gasteiger partial charge in [-0.2, -0.15) is 0 Å². The lowest BCUT2D eigenvalue weighted by molar-refractivity contribution is 1.03. The van der Waals surface area contributed by atoms with E-state index in [1.807, 2.05) is 0 Å². The largest absolute Gasteiger partial charge is 0.0645 e. The number of benzene rings is 7. The highest BCUT2D eigenvalue weighted by molar-refractivity contribution is 6.19. The highest BCUT2D eigenvalue weighted by Crippen LogP contribution is 2.52. The van der Waals surface area contributed by atoms with Crippen LogP contribution in [0, 0.1) is 0 Å². The van der Waals surface area contributed by atoms with Crippen LogP contribution in [0.15, 0.2) is 140 Å². The van der Waals surface area contributed by atoms with Crippen LogP contribution in [0.4, 0.5) is 0 Å². The van der Waals surface area contributed by atoms with Gasteiger partial charge in [0.15, 0.2) is 0 Å². The summed E-state index contributed by atoms with van der Waals surface area (Å²) in [4.78, 5) is 0. The van der Waals surface area contributed by atoms with Gasteiger partial charge in [-0.05, 0) is 143 Å². The Morgan fingerprint density at radius 3 is 1.73 bits per heavy atom. The number of hydrogen-bond acceptors (Lipinski definition) is 0. The van der Waals surface area contributed by atoms with E-state index in [2.05, 4.69) is 146 Å². The Labute approximate surface area is 286 Å². The van der Waals surface area contributed by atoms with Gasteiger partial charge in [-0.15, -0.1) is 0 Å². The van der Waals surface area contributed by atoms with E-state index in [1.165, 1.54) is 115 Å². The monoisotopic (exact) mass is 622 g/mol. The van der Waals surface area contributed by atoms with Crippen LogP contribution >= 0.6 is 0 Å². The third-order valence-electron chi connectivity index (χ3n) is 11.7. The quantitative estimate of drug-likeness (QED) is 0.184. The SMILES string of the molecule is CC1=c2c(C3=CC4=C(CC3)c3cccc5cccc4c35)ccc3c2=C(CC1)c1c-3c(-c2ccccc2)c2ccccc2c1-c1ccccc1. The summed E-state index contributed by atoms with van der Waals surface area (Å²) in [6.07, 6.45) is 6.86. The van der Waals surface area contributed by atoms with Crippen molar-refractivity contribution in [3.05, 3.63) is 172 Å². The molecule has 0 aliphatic heterocycles. The summed E-state index contributed by atoms with van der Waals surface area (Å²) in [6, 6.07) is 49.9. The molecule has 0 fully saturated rings. The van der Waals surface area contributed by atoms with E-state index in [1.54, 1.807) is 0 Å². The first kappa shape index (κ1) is 27.3. The fourth-order valence-corrected chi connectivity index (χ4v) is 9.74. The minimum atomic E-state index is 1.07. The lowest BCUT2D eigenvalue weighted by atomic mass is 9.81. The predicted molar refractivity (Wildman–Crippen MR) is 208 cm³/mol. The Hall–Kier alpha value is -5.72. The van der Waals surface area contributed by atoms with E-state index in [4.69, 9.17) is 0 Å². The molecule has 4 aliphatic carbocycles. The Bertz CT molecular complexity index is 2780. The summed E-state index contributed by atoms with van der Waals surface area (Å²) in [7, 11) is 0. The van der Waals surface area contributed by atoms with Gasteiger partial charge in [-0.3, -0.25) is 0 Å². The van der Waals surface area contributed by atoms with Crippen LogP contribution in [0.5, 0.6) is 0 Å². The molecule has 11 rings (SSSR count). The first-order valence-corrected chi connectivity index (χ1v) is 17.8. The summed E-state index contributed by atoms with van der Waals surface area (Å²) in [6.45, 7) is 2.39. The maximum atomic E-state index is 2.55. The van der Waals surface area contributed by atoms with Crippen LogP contribution in [0.1, 0.15) is 54.9 Å². The molecule has 0 nitrogen and oxygen atoms in total. The molecule has 7 aromatic rings. The average molecular weight is 623 g/mol. The minimum absolute atomic E-state index is 1.07. The molecule has 0 radical (unpaired) electrons. The molecule has 0 amide bonds. The van der Waals surface area contributed by atoms with Crippen molar-refractivity contribution in [3.63, 3.8) is 0 Å². The Morgan fingerprint density at radius 1 is 0.408 bits per heavy atom. The molecule has 4 aliphatic rings. The lowest BCUT2D eigenvalue weighted by Crippen LogP contribution is -2.35. The number of fused-ring (bicyclic) bond motifs is 6. The van der Waals surface area contributed by atoms with E-state index >= 15 is 0 Å². The fraction of sp³-hybridized carbons (Fsp3) is 0.102. The molecule has 0 saturated heterocycles. The maximum Gasteiger partial charge on any atom is -0.00108 e. The van der Waals surface area contributed by atoms with E-state index in [9.17, 15) is 0 Å². The first-order valence-electron chi connectivity index (χ1n) is 17.8. The molecular weight excluding hydrogens is 589 g/mol. The lowest BCUT2D eigenvalue weighted by Gasteiger charge is -2.22. The Balaban J connectivity index is 1.23. The number of hydrogen-bond donors (Lipinski definition) is 0. The Kier molecular flexibility index (Phi) is 5.64. The molecule has 49 heavy (non-hydrogen) atoms. The first-order chi connectivity index (χ1) is 24.3. The fourth-order valence-electron chi connectivity index (χ4n) is 9.74. The van der Waals surface area contributed by atoms with Crippen LogP contribution in [0.2, 0.25) is 0 Å². The molecule has 7 aromatic carbocycles. The van der Waals surface area contributed by atoms with Gasteiger partial charge < -0.3 is 0 Å². The van der Waals surface area contributed by atoms with Crippen molar-refractivity contribution in [1.29, 1.82) is 0 Å². The van der Waals surface area contributed by atoms with E-state index in [-0.39, 0.29) is 0 Å². The van der Waals surface area contributed by atoms with Crippen molar-refractivity contribution >= 4 is 49.4 Å². The van der Waals surface area contributed by atoms with Crippen molar-refractivity contribution in [2.24, 2.45) is 0 Å². The molecule has 0 unspecified atom stereocenters. The van der Waals surface area contributed by atoms with E-state index in [0.29, 0.717) is 0 Å².